The van der Waals surface area contributed by atoms with E-state index >= 15 is 0 Å². The van der Waals surface area contributed by atoms with Gasteiger partial charge in [0.2, 0.25) is 5.82 Å². The van der Waals surface area contributed by atoms with Gasteiger partial charge in [-0.15, -0.1) is 0 Å². The van der Waals surface area contributed by atoms with E-state index in [2.05, 4.69) is 15.1 Å². The van der Waals surface area contributed by atoms with Gasteiger partial charge in [-0.1, -0.05) is 11.2 Å². The highest BCUT2D eigenvalue weighted by atomic mass is 16.5. The third-order valence-electron chi connectivity index (χ3n) is 5.06. The predicted molar refractivity (Wildman–Crippen MR) is 101 cm³/mol. The summed E-state index contributed by atoms with van der Waals surface area (Å²) in [5.41, 5.74) is 10.3. The van der Waals surface area contributed by atoms with Gasteiger partial charge in [-0.3, -0.25) is 9.78 Å². The van der Waals surface area contributed by atoms with Gasteiger partial charge in [0.1, 0.15) is 23.9 Å². The van der Waals surface area contributed by atoms with Crippen molar-refractivity contribution in [2.75, 3.05) is 6.61 Å². The summed E-state index contributed by atoms with van der Waals surface area (Å²) in [6.07, 6.45) is 1.71. The van der Waals surface area contributed by atoms with E-state index in [1.54, 1.807) is 6.20 Å². The number of carbonyl (C=O) groups excluding carboxylic acids is 1. The second-order valence-corrected chi connectivity index (χ2v) is 6.76. The molecule has 0 unspecified atom stereocenters. The molecule has 5 rings (SSSR count). The molecular weight excluding hydrogens is 358 g/mol. The van der Waals surface area contributed by atoms with Gasteiger partial charge in [0.05, 0.1) is 22.5 Å². The molecule has 0 radical (unpaired) electrons. The number of nitrogens with zero attached hydrogens (tertiary/aromatic N) is 4. The Kier molecular flexibility index (Phi) is 3.48. The summed E-state index contributed by atoms with van der Waals surface area (Å²) in [6, 6.07) is 9.10. The fourth-order valence-corrected chi connectivity index (χ4v) is 3.87. The molecule has 4 heterocycles. The Morgan fingerprint density at radius 1 is 1.25 bits per heavy atom. The number of carbonyl (C=O) groups is 1. The van der Waals surface area contributed by atoms with Crippen molar-refractivity contribution >= 4 is 16.9 Å². The van der Waals surface area contributed by atoms with Gasteiger partial charge in [0.15, 0.2) is 5.75 Å². The fourth-order valence-electron chi connectivity index (χ4n) is 3.87. The summed E-state index contributed by atoms with van der Waals surface area (Å²) in [5, 5.41) is 4.05. The van der Waals surface area contributed by atoms with Crippen molar-refractivity contribution in [3.05, 3.63) is 59.5 Å². The van der Waals surface area contributed by atoms with Crippen LogP contribution in [0.5, 0.6) is 5.75 Å². The minimum atomic E-state index is -0.594. The van der Waals surface area contributed by atoms with Crippen molar-refractivity contribution in [2.24, 2.45) is 5.73 Å². The zero-order chi connectivity index (χ0) is 19.4. The highest BCUT2D eigenvalue weighted by molar-refractivity contribution is 5.98. The molecule has 0 fully saturated rings. The van der Waals surface area contributed by atoms with E-state index in [-0.39, 0.29) is 11.9 Å². The summed E-state index contributed by atoms with van der Waals surface area (Å²) in [7, 11) is 0. The monoisotopic (exact) mass is 375 g/mol. The molecule has 8 nitrogen and oxygen atoms in total. The minimum Gasteiger partial charge on any atom is -0.488 e. The lowest BCUT2D eigenvalue weighted by Gasteiger charge is -2.27. The highest BCUT2D eigenvalue weighted by Crippen LogP contribution is 2.44. The maximum absolute atomic E-state index is 12.1. The van der Waals surface area contributed by atoms with Crippen LogP contribution in [0.15, 0.2) is 41.1 Å². The van der Waals surface area contributed by atoms with Crippen molar-refractivity contribution < 1.29 is 14.1 Å². The van der Waals surface area contributed by atoms with Gasteiger partial charge in [0, 0.05) is 11.8 Å². The van der Waals surface area contributed by atoms with Crippen LogP contribution >= 0.6 is 0 Å². The first-order chi connectivity index (χ1) is 13.6. The van der Waals surface area contributed by atoms with Crippen molar-refractivity contribution in [2.45, 2.75) is 19.9 Å². The lowest BCUT2D eigenvalue weighted by Crippen LogP contribution is -2.29. The number of benzene rings is 1. The first kappa shape index (κ1) is 16.5. The molecule has 1 aromatic carbocycles. The SMILES string of the molecule is Cc1noc(C)c1-c1ccc2nc(C(N)=O)n3c2c1OC[C@@H]3c1ccccn1. The van der Waals surface area contributed by atoms with Crippen molar-refractivity contribution in [3.63, 3.8) is 0 Å². The number of pyridine rings is 1. The number of amides is 1. The van der Waals surface area contributed by atoms with E-state index in [1.165, 1.54) is 0 Å². The standard InChI is InChI=1S/C20H17N5O3/c1-10-16(11(2)28-24-10)12-6-7-14-17-18(12)27-9-15(13-5-3-4-8-22-13)25(17)20(23-14)19(21)26/h3-8,15H,9H2,1-2H3,(H2,21,26)/t15-/m1/s1. The van der Waals surface area contributed by atoms with E-state index in [4.69, 9.17) is 15.0 Å². The number of imidazole rings is 1. The predicted octanol–water partition coefficient (Wildman–Crippen LogP) is 2.78. The molecule has 1 atom stereocenters. The minimum absolute atomic E-state index is 0.186. The Labute approximate surface area is 159 Å². The number of nitrogens with two attached hydrogens (primary N) is 1. The van der Waals surface area contributed by atoms with Gasteiger partial charge in [0.25, 0.3) is 5.91 Å². The van der Waals surface area contributed by atoms with Crippen LogP contribution in [-0.2, 0) is 0 Å². The number of ether oxygens (including phenoxy) is 1. The second-order valence-electron chi connectivity index (χ2n) is 6.76. The zero-order valence-corrected chi connectivity index (χ0v) is 15.3. The quantitative estimate of drug-likeness (QED) is 0.590. The molecule has 0 saturated heterocycles. The van der Waals surface area contributed by atoms with Crippen molar-refractivity contribution in [3.8, 4) is 16.9 Å². The smallest absolute Gasteiger partial charge is 0.284 e. The molecule has 0 saturated carbocycles. The summed E-state index contributed by atoms with van der Waals surface area (Å²) in [5.74, 6) is 0.929. The molecule has 1 aliphatic rings. The molecule has 0 spiro atoms. The second kappa shape index (κ2) is 5.91. The lowest BCUT2D eigenvalue weighted by atomic mass is 10.0. The molecule has 4 aromatic rings. The normalized spacial score (nSPS) is 15.6. The molecule has 1 aliphatic heterocycles. The van der Waals surface area contributed by atoms with Gasteiger partial charge in [-0.2, -0.15) is 0 Å². The van der Waals surface area contributed by atoms with Gasteiger partial charge < -0.3 is 19.6 Å². The number of aryl methyl sites for hydroxylation is 2. The molecule has 28 heavy (non-hydrogen) atoms. The number of hydrogen-bond acceptors (Lipinski definition) is 6. The Bertz CT molecular complexity index is 1210. The van der Waals surface area contributed by atoms with E-state index in [0.717, 1.165) is 22.5 Å². The number of aromatic nitrogens is 4. The molecule has 140 valence electrons. The van der Waals surface area contributed by atoms with Gasteiger partial charge in [-0.05, 0) is 38.1 Å². The van der Waals surface area contributed by atoms with Crippen LogP contribution in [0.3, 0.4) is 0 Å². The van der Waals surface area contributed by atoms with Crippen LogP contribution in [0.4, 0.5) is 0 Å². The van der Waals surface area contributed by atoms with Crippen molar-refractivity contribution in [1.29, 1.82) is 0 Å². The van der Waals surface area contributed by atoms with E-state index in [9.17, 15) is 4.79 Å². The van der Waals surface area contributed by atoms with Crippen LogP contribution in [0.2, 0.25) is 0 Å². The summed E-state index contributed by atoms with van der Waals surface area (Å²) in [6.45, 7) is 4.04. The Morgan fingerprint density at radius 3 is 2.79 bits per heavy atom. The van der Waals surface area contributed by atoms with Crippen LogP contribution in [0.25, 0.3) is 22.2 Å². The number of primary amides is 1. The summed E-state index contributed by atoms with van der Waals surface area (Å²) < 4.78 is 13.4. The maximum Gasteiger partial charge on any atom is 0.284 e. The fraction of sp³-hybridized carbons (Fsp3) is 0.200. The van der Waals surface area contributed by atoms with Crippen molar-refractivity contribution in [1.82, 2.24) is 19.7 Å². The molecule has 1 amide bonds. The van der Waals surface area contributed by atoms with Gasteiger partial charge >= 0.3 is 0 Å². The third kappa shape index (κ3) is 2.24. The average Bonchev–Trinajstić information content (AvgIpc) is 3.25. The molecule has 2 N–H and O–H groups in total. The molecular formula is C20H17N5O3. The van der Waals surface area contributed by atoms with Crippen LogP contribution in [0.1, 0.15) is 33.8 Å². The Hall–Kier alpha value is -3.68. The van der Waals surface area contributed by atoms with Gasteiger partial charge in [-0.25, -0.2) is 4.98 Å². The Balaban J connectivity index is 1.83. The summed E-state index contributed by atoms with van der Waals surface area (Å²) in [4.78, 5) is 21.0. The molecule has 0 aliphatic carbocycles. The largest absolute Gasteiger partial charge is 0.488 e. The van der Waals surface area contributed by atoms with Crippen LogP contribution in [-0.4, -0.2) is 32.2 Å². The zero-order valence-electron chi connectivity index (χ0n) is 15.3. The third-order valence-corrected chi connectivity index (χ3v) is 5.06. The van der Waals surface area contributed by atoms with E-state index in [0.29, 0.717) is 29.2 Å². The van der Waals surface area contributed by atoms with Crippen LogP contribution < -0.4 is 10.5 Å². The number of rotatable bonds is 3. The summed E-state index contributed by atoms with van der Waals surface area (Å²) >= 11 is 0. The Morgan fingerprint density at radius 2 is 2.11 bits per heavy atom. The molecule has 0 bridgehead atoms. The molecule has 3 aromatic heterocycles. The first-order valence-corrected chi connectivity index (χ1v) is 8.88. The van der Waals surface area contributed by atoms with Crippen LogP contribution in [0, 0.1) is 13.8 Å². The lowest BCUT2D eigenvalue weighted by molar-refractivity contribution is 0.0983. The highest BCUT2D eigenvalue weighted by Gasteiger charge is 2.33. The molecule has 8 heteroatoms. The van der Waals surface area contributed by atoms with E-state index < -0.39 is 5.91 Å². The maximum atomic E-state index is 12.1. The first-order valence-electron chi connectivity index (χ1n) is 8.88. The number of hydrogen-bond donors (Lipinski definition) is 1. The topological polar surface area (TPSA) is 109 Å². The average molecular weight is 375 g/mol. The van der Waals surface area contributed by atoms with E-state index in [1.807, 2.05) is 48.7 Å².